The Morgan fingerprint density at radius 1 is 1.29 bits per heavy atom. The molecule has 0 saturated carbocycles. The normalized spacial score (nSPS) is 16.6. The fourth-order valence-electron chi connectivity index (χ4n) is 3.84. The monoisotopic (exact) mass is 516 g/mol. The van der Waals surface area contributed by atoms with Crippen molar-refractivity contribution in [1.82, 2.24) is 19.9 Å². The lowest BCUT2D eigenvalue weighted by molar-refractivity contribution is -0.150. The predicted octanol–water partition coefficient (Wildman–Crippen LogP) is 3.93. The van der Waals surface area contributed by atoms with Gasteiger partial charge < -0.3 is 19.2 Å². The molecular weight excluding hydrogens is 484 g/mol. The van der Waals surface area contributed by atoms with Gasteiger partial charge in [-0.05, 0) is 37.6 Å². The first-order chi connectivity index (χ1) is 17.1. The van der Waals surface area contributed by atoms with E-state index in [1.54, 1.807) is 18.7 Å². The van der Waals surface area contributed by atoms with E-state index in [4.69, 9.17) is 14.2 Å². The van der Waals surface area contributed by atoms with Crippen molar-refractivity contribution in [2.45, 2.75) is 35.8 Å². The zero-order valence-electron chi connectivity index (χ0n) is 20.2. The molecule has 1 aliphatic heterocycles. The Bertz CT molecular complexity index is 1080. The molecule has 0 radical (unpaired) electrons. The molecule has 8 nitrogen and oxygen atoms in total. The number of carbonyl (C=O) groups is 1. The highest BCUT2D eigenvalue weighted by Crippen LogP contribution is 2.28. The second-order valence-electron chi connectivity index (χ2n) is 8.19. The molecular formula is C25H32N4O4S2. The second-order valence-corrected chi connectivity index (χ2v) is 10.3. The Labute approximate surface area is 214 Å². The van der Waals surface area contributed by atoms with Crippen LogP contribution in [-0.2, 0) is 24.8 Å². The van der Waals surface area contributed by atoms with Crippen molar-refractivity contribution in [2.24, 2.45) is 0 Å². The van der Waals surface area contributed by atoms with Crippen LogP contribution in [-0.4, -0.2) is 83.7 Å². The Kier molecular flexibility index (Phi) is 9.84. The maximum absolute atomic E-state index is 11.4. The van der Waals surface area contributed by atoms with Gasteiger partial charge >= 0.3 is 5.97 Å². The minimum Gasteiger partial charge on any atom is -0.464 e. The number of benzene rings is 1. The van der Waals surface area contributed by atoms with Crippen molar-refractivity contribution < 1.29 is 19.0 Å². The number of rotatable bonds is 12. The summed E-state index contributed by atoms with van der Waals surface area (Å²) in [7, 11) is 0. The van der Waals surface area contributed by atoms with Crippen LogP contribution in [0.25, 0.3) is 11.0 Å². The van der Waals surface area contributed by atoms with Gasteiger partial charge in [-0.2, -0.15) is 0 Å². The molecule has 0 aliphatic carbocycles. The SMILES string of the molecule is CCOC(=O)COCC1CN(CCSc2ccnc(CSc3nc4ccccc4[nH]3)c2C)CCO1. The van der Waals surface area contributed by atoms with Crippen LogP contribution in [0.3, 0.4) is 0 Å². The van der Waals surface area contributed by atoms with Crippen LogP contribution in [0, 0.1) is 6.92 Å². The first kappa shape index (κ1) is 26.0. The van der Waals surface area contributed by atoms with E-state index in [1.807, 2.05) is 42.2 Å². The van der Waals surface area contributed by atoms with E-state index in [1.165, 1.54) is 10.5 Å². The zero-order chi connectivity index (χ0) is 24.5. The highest BCUT2D eigenvalue weighted by Gasteiger charge is 2.21. The molecule has 0 amide bonds. The molecule has 4 rings (SSSR count). The molecule has 3 aromatic rings. The van der Waals surface area contributed by atoms with Gasteiger partial charge in [0.2, 0.25) is 0 Å². The quantitative estimate of drug-likeness (QED) is 0.284. The summed E-state index contributed by atoms with van der Waals surface area (Å²) in [6.07, 6.45) is 1.88. The highest BCUT2D eigenvalue weighted by atomic mass is 32.2. The Morgan fingerprint density at radius 2 is 2.17 bits per heavy atom. The van der Waals surface area contributed by atoms with Crippen LogP contribution in [0.4, 0.5) is 0 Å². The summed E-state index contributed by atoms with van der Waals surface area (Å²) in [6.45, 7) is 8.03. The predicted molar refractivity (Wildman–Crippen MR) is 139 cm³/mol. The van der Waals surface area contributed by atoms with Crippen LogP contribution in [0.1, 0.15) is 18.2 Å². The summed E-state index contributed by atoms with van der Waals surface area (Å²) in [4.78, 5) is 27.7. The summed E-state index contributed by atoms with van der Waals surface area (Å²) in [5, 5.41) is 0.915. The molecule has 0 spiro atoms. The molecule has 0 bridgehead atoms. The number of aromatic amines is 1. The minimum absolute atomic E-state index is 0.0206. The van der Waals surface area contributed by atoms with Crippen molar-refractivity contribution in [3.8, 4) is 0 Å². The number of thioether (sulfide) groups is 2. The molecule has 1 aliphatic rings. The Hall–Kier alpha value is -2.11. The minimum atomic E-state index is -0.334. The Balaban J connectivity index is 1.21. The molecule has 1 atom stereocenters. The van der Waals surface area contributed by atoms with Crippen molar-refractivity contribution in [3.05, 3.63) is 47.8 Å². The summed E-state index contributed by atoms with van der Waals surface area (Å²) in [5.74, 6) is 1.42. The van der Waals surface area contributed by atoms with Crippen LogP contribution < -0.4 is 0 Å². The molecule has 1 unspecified atom stereocenters. The van der Waals surface area contributed by atoms with Crippen LogP contribution in [0.5, 0.6) is 0 Å². The number of carbonyl (C=O) groups excluding carboxylic acids is 1. The van der Waals surface area contributed by atoms with E-state index < -0.39 is 0 Å². The number of hydrogen-bond acceptors (Lipinski definition) is 9. The van der Waals surface area contributed by atoms with Gasteiger partial charge in [0.05, 0.1) is 42.7 Å². The molecule has 1 fully saturated rings. The van der Waals surface area contributed by atoms with Gasteiger partial charge in [-0.3, -0.25) is 9.88 Å². The molecule has 3 heterocycles. The van der Waals surface area contributed by atoms with Gasteiger partial charge in [-0.15, -0.1) is 11.8 Å². The van der Waals surface area contributed by atoms with E-state index in [2.05, 4.69) is 32.8 Å². The highest BCUT2D eigenvalue weighted by molar-refractivity contribution is 7.99. The topological polar surface area (TPSA) is 89.6 Å². The van der Waals surface area contributed by atoms with Crippen LogP contribution >= 0.6 is 23.5 Å². The largest absolute Gasteiger partial charge is 0.464 e. The molecule has 188 valence electrons. The van der Waals surface area contributed by atoms with Crippen molar-refractivity contribution >= 4 is 40.5 Å². The maximum Gasteiger partial charge on any atom is 0.332 e. The smallest absolute Gasteiger partial charge is 0.332 e. The Morgan fingerprint density at radius 3 is 3.03 bits per heavy atom. The molecule has 1 N–H and O–H groups in total. The summed E-state index contributed by atoms with van der Waals surface area (Å²) in [5.41, 5.74) is 4.36. The van der Waals surface area contributed by atoms with Gasteiger partial charge in [0, 0.05) is 42.2 Å². The van der Waals surface area contributed by atoms with Crippen LogP contribution in [0.2, 0.25) is 0 Å². The van der Waals surface area contributed by atoms with Crippen molar-refractivity contribution in [1.29, 1.82) is 0 Å². The molecule has 2 aromatic heterocycles. The average molecular weight is 517 g/mol. The van der Waals surface area contributed by atoms with Gasteiger partial charge in [0.15, 0.2) is 5.16 Å². The molecule has 10 heteroatoms. The number of imidazole rings is 1. The van der Waals surface area contributed by atoms with Gasteiger partial charge in [-0.25, -0.2) is 9.78 Å². The standard InChI is InChI=1S/C25H32N4O4S2/c1-3-32-24(30)16-31-15-19-14-29(10-12-33-19)11-13-34-23-8-9-26-22(18(23)2)17-35-25-27-20-6-4-5-7-21(20)28-25/h4-9,19H,3,10-17H2,1-2H3,(H,27,28). The zero-order valence-corrected chi connectivity index (χ0v) is 21.8. The number of ether oxygens (including phenoxy) is 3. The van der Waals surface area contributed by atoms with E-state index in [0.29, 0.717) is 19.8 Å². The van der Waals surface area contributed by atoms with Gasteiger partial charge in [-0.1, -0.05) is 23.9 Å². The van der Waals surface area contributed by atoms with Crippen LogP contribution in [0.15, 0.2) is 46.6 Å². The van der Waals surface area contributed by atoms with Crippen molar-refractivity contribution in [2.75, 3.05) is 51.8 Å². The number of morpholine rings is 1. The summed E-state index contributed by atoms with van der Waals surface area (Å²) >= 11 is 3.54. The first-order valence-electron chi connectivity index (χ1n) is 11.8. The average Bonchev–Trinajstić information content (AvgIpc) is 3.28. The lowest BCUT2D eigenvalue weighted by atomic mass is 10.2. The lowest BCUT2D eigenvalue weighted by Crippen LogP contribution is -2.45. The third-order valence-electron chi connectivity index (χ3n) is 5.69. The van der Waals surface area contributed by atoms with Gasteiger partial charge in [0.1, 0.15) is 6.61 Å². The first-order valence-corrected chi connectivity index (χ1v) is 13.8. The maximum atomic E-state index is 11.4. The fraction of sp³-hybridized carbons (Fsp3) is 0.480. The molecule has 1 saturated heterocycles. The summed E-state index contributed by atoms with van der Waals surface area (Å²) < 4.78 is 16.1. The lowest BCUT2D eigenvalue weighted by Gasteiger charge is -2.32. The number of pyridine rings is 1. The number of para-hydroxylation sites is 2. The number of H-pyrrole nitrogens is 1. The van der Waals surface area contributed by atoms with E-state index >= 15 is 0 Å². The molecule has 1 aromatic carbocycles. The number of nitrogens with zero attached hydrogens (tertiary/aromatic N) is 3. The number of esters is 1. The number of hydrogen-bond donors (Lipinski definition) is 1. The fourth-order valence-corrected chi connectivity index (χ4v) is 5.81. The van der Waals surface area contributed by atoms with E-state index in [9.17, 15) is 4.79 Å². The number of aromatic nitrogens is 3. The van der Waals surface area contributed by atoms with E-state index in [-0.39, 0.29) is 18.7 Å². The third-order valence-corrected chi connectivity index (χ3v) is 7.71. The summed E-state index contributed by atoms with van der Waals surface area (Å²) in [6, 6.07) is 10.2. The van der Waals surface area contributed by atoms with Crippen molar-refractivity contribution in [3.63, 3.8) is 0 Å². The number of fused-ring (bicyclic) bond motifs is 1. The number of nitrogens with one attached hydrogen (secondary N) is 1. The van der Waals surface area contributed by atoms with Gasteiger partial charge in [0.25, 0.3) is 0 Å². The second kappa shape index (κ2) is 13.3. The molecule has 35 heavy (non-hydrogen) atoms. The van der Waals surface area contributed by atoms with E-state index in [0.717, 1.165) is 53.0 Å². The third kappa shape index (κ3) is 7.68.